The van der Waals surface area contributed by atoms with Gasteiger partial charge in [0.1, 0.15) is 11.5 Å². The fourth-order valence-electron chi connectivity index (χ4n) is 2.69. The first-order chi connectivity index (χ1) is 9.88. The van der Waals surface area contributed by atoms with Crippen molar-refractivity contribution >= 4 is 0 Å². The van der Waals surface area contributed by atoms with Gasteiger partial charge in [-0.1, -0.05) is 19.1 Å². The van der Waals surface area contributed by atoms with Gasteiger partial charge in [0.05, 0.1) is 6.04 Å². The SMILES string of the molecule is CCNC(c1ccc(C)c(F)c1F)c1c(C)oc(C)c1C. The summed E-state index contributed by atoms with van der Waals surface area (Å²) >= 11 is 0. The molecule has 2 rings (SSSR count). The molecule has 0 fully saturated rings. The Kier molecular flexibility index (Phi) is 4.47. The molecule has 0 aliphatic carbocycles. The summed E-state index contributed by atoms with van der Waals surface area (Å²) in [6.07, 6.45) is 0. The minimum absolute atomic E-state index is 0.309. The van der Waals surface area contributed by atoms with Crippen molar-refractivity contribution in [2.75, 3.05) is 6.54 Å². The largest absolute Gasteiger partial charge is 0.466 e. The standard InChI is InChI=1S/C17H21F2NO/c1-6-20-17(14-10(3)11(4)21-12(14)5)13-8-7-9(2)15(18)16(13)19/h7-8,17,20H,6H2,1-5H3. The van der Waals surface area contributed by atoms with Crippen LogP contribution in [0.4, 0.5) is 8.78 Å². The maximum Gasteiger partial charge on any atom is 0.164 e. The van der Waals surface area contributed by atoms with Gasteiger partial charge in [-0.25, -0.2) is 8.78 Å². The fraction of sp³-hybridized carbons (Fsp3) is 0.412. The van der Waals surface area contributed by atoms with Crippen LogP contribution in [-0.4, -0.2) is 6.54 Å². The van der Waals surface area contributed by atoms with Gasteiger partial charge in [0.15, 0.2) is 11.6 Å². The summed E-state index contributed by atoms with van der Waals surface area (Å²) in [6, 6.07) is 2.83. The number of hydrogen-bond acceptors (Lipinski definition) is 2. The molecule has 2 aromatic rings. The lowest BCUT2D eigenvalue weighted by molar-refractivity contribution is 0.471. The Morgan fingerprint density at radius 3 is 2.24 bits per heavy atom. The van der Waals surface area contributed by atoms with Crippen molar-refractivity contribution in [1.82, 2.24) is 5.32 Å². The van der Waals surface area contributed by atoms with Gasteiger partial charge < -0.3 is 9.73 Å². The molecule has 1 atom stereocenters. The lowest BCUT2D eigenvalue weighted by Crippen LogP contribution is -2.24. The number of halogens is 2. The van der Waals surface area contributed by atoms with E-state index in [0.717, 1.165) is 22.6 Å². The first-order valence-corrected chi connectivity index (χ1v) is 7.12. The monoisotopic (exact) mass is 293 g/mol. The molecule has 1 unspecified atom stereocenters. The number of aryl methyl sites for hydroxylation is 3. The molecule has 0 radical (unpaired) electrons. The molecule has 0 aliphatic heterocycles. The molecule has 4 heteroatoms. The van der Waals surface area contributed by atoms with E-state index in [2.05, 4.69) is 5.32 Å². The van der Waals surface area contributed by atoms with E-state index in [-0.39, 0.29) is 0 Å². The Morgan fingerprint density at radius 2 is 1.71 bits per heavy atom. The number of nitrogens with one attached hydrogen (secondary N) is 1. The number of rotatable bonds is 4. The maximum absolute atomic E-state index is 14.3. The highest BCUT2D eigenvalue weighted by Crippen LogP contribution is 2.33. The number of benzene rings is 1. The van der Waals surface area contributed by atoms with E-state index in [0.29, 0.717) is 17.7 Å². The first kappa shape index (κ1) is 15.7. The molecule has 2 nitrogen and oxygen atoms in total. The molecule has 1 aromatic carbocycles. The molecule has 0 bridgehead atoms. The van der Waals surface area contributed by atoms with Crippen molar-refractivity contribution in [3.8, 4) is 0 Å². The van der Waals surface area contributed by atoms with Crippen molar-refractivity contribution in [3.05, 3.63) is 57.5 Å². The Morgan fingerprint density at radius 1 is 1.05 bits per heavy atom. The van der Waals surface area contributed by atoms with E-state index in [1.54, 1.807) is 19.1 Å². The Balaban J connectivity index is 2.62. The molecular formula is C17H21F2NO. The minimum atomic E-state index is -0.793. The normalized spacial score (nSPS) is 12.7. The van der Waals surface area contributed by atoms with Gasteiger partial charge in [-0.15, -0.1) is 0 Å². The van der Waals surface area contributed by atoms with Gasteiger partial charge in [-0.3, -0.25) is 0 Å². The van der Waals surface area contributed by atoms with Crippen LogP contribution in [0.15, 0.2) is 16.5 Å². The second-order valence-corrected chi connectivity index (χ2v) is 5.34. The van der Waals surface area contributed by atoms with Crippen LogP contribution in [0.25, 0.3) is 0 Å². The summed E-state index contributed by atoms with van der Waals surface area (Å²) in [5.41, 5.74) is 2.48. The smallest absolute Gasteiger partial charge is 0.164 e. The van der Waals surface area contributed by atoms with Crippen LogP contribution in [0, 0.1) is 39.3 Å². The molecule has 0 spiro atoms. The van der Waals surface area contributed by atoms with Crippen molar-refractivity contribution in [3.63, 3.8) is 0 Å². The minimum Gasteiger partial charge on any atom is -0.466 e. The van der Waals surface area contributed by atoms with Gasteiger partial charge in [0, 0.05) is 11.1 Å². The summed E-state index contributed by atoms with van der Waals surface area (Å²) in [6.45, 7) is 9.80. The van der Waals surface area contributed by atoms with Crippen molar-refractivity contribution in [2.45, 2.75) is 40.7 Å². The quantitative estimate of drug-likeness (QED) is 0.898. The lowest BCUT2D eigenvalue weighted by Gasteiger charge is -2.20. The summed E-state index contributed by atoms with van der Waals surface area (Å²) in [5, 5.41) is 3.23. The molecule has 21 heavy (non-hydrogen) atoms. The Bertz CT molecular complexity index is 661. The predicted octanol–water partition coefficient (Wildman–Crippen LogP) is 4.49. The highest BCUT2D eigenvalue weighted by atomic mass is 19.2. The highest BCUT2D eigenvalue weighted by molar-refractivity contribution is 5.42. The van der Waals surface area contributed by atoms with Crippen LogP contribution < -0.4 is 5.32 Å². The molecule has 0 saturated heterocycles. The highest BCUT2D eigenvalue weighted by Gasteiger charge is 2.26. The molecule has 0 saturated carbocycles. The van der Waals surface area contributed by atoms with Crippen LogP contribution >= 0.6 is 0 Å². The summed E-state index contributed by atoms with van der Waals surface area (Å²) in [7, 11) is 0. The summed E-state index contributed by atoms with van der Waals surface area (Å²) in [5.74, 6) is -0.0424. The molecule has 114 valence electrons. The zero-order chi connectivity index (χ0) is 15.7. The Labute approximate surface area is 124 Å². The molecule has 1 aromatic heterocycles. The molecular weight excluding hydrogens is 272 g/mol. The topological polar surface area (TPSA) is 25.2 Å². The van der Waals surface area contributed by atoms with E-state index in [4.69, 9.17) is 4.42 Å². The van der Waals surface area contributed by atoms with E-state index in [1.807, 2.05) is 27.7 Å². The predicted molar refractivity (Wildman–Crippen MR) is 79.5 cm³/mol. The lowest BCUT2D eigenvalue weighted by atomic mass is 9.94. The van der Waals surface area contributed by atoms with E-state index < -0.39 is 17.7 Å². The third-order valence-electron chi connectivity index (χ3n) is 3.93. The van der Waals surface area contributed by atoms with Crippen molar-refractivity contribution in [2.24, 2.45) is 0 Å². The average molecular weight is 293 g/mol. The van der Waals surface area contributed by atoms with Gasteiger partial charge in [0.25, 0.3) is 0 Å². The van der Waals surface area contributed by atoms with E-state index in [1.165, 1.54) is 0 Å². The van der Waals surface area contributed by atoms with Gasteiger partial charge in [-0.2, -0.15) is 0 Å². The molecule has 1 N–H and O–H groups in total. The Hall–Kier alpha value is -1.68. The van der Waals surface area contributed by atoms with E-state index in [9.17, 15) is 8.78 Å². The molecule has 1 heterocycles. The van der Waals surface area contributed by atoms with Crippen LogP contribution in [0.5, 0.6) is 0 Å². The average Bonchev–Trinajstić information content (AvgIpc) is 2.68. The zero-order valence-corrected chi connectivity index (χ0v) is 13.1. The van der Waals surface area contributed by atoms with Crippen LogP contribution in [0.2, 0.25) is 0 Å². The second kappa shape index (κ2) is 5.98. The number of furan rings is 1. The first-order valence-electron chi connectivity index (χ1n) is 7.12. The third kappa shape index (κ3) is 2.72. The van der Waals surface area contributed by atoms with Gasteiger partial charge in [0.2, 0.25) is 0 Å². The van der Waals surface area contributed by atoms with Crippen molar-refractivity contribution < 1.29 is 13.2 Å². The van der Waals surface area contributed by atoms with Crippen LogP contribution in [-0.2, 0) is 0 Å². The second-order valence-electron chi connectivity index (χ2n) is 5.34. The zero-order valence-electron chi connectivity index (χ0n) is 13.1. The fourth-order valence-corrected chi connectivity index (χ4v) is 2.69. The maximum atomic E-state index is 14.3. The summed E-state index contributed by atoms with van der Waals surface area (Å²) < 4.78 is 33.9. The molecule has 0 amide bonds. The van der Waals surface area contributed by atoms with Gasteiger partial charge >= 0.3 is 0 Å². The van der Waals surface area contributed by atoms with Crippen LogP contribution in [0.3, 0.4) is 0 Å². The van der Waals surface area contributed by atoms with Crippen LogP contribution in [0.1, 0.15) is 46.7 Å². The summed E-state index contributed by atoms with van der Waals surface area (Å²) in [4.78, 5) is 0. The van der Waals surface area contributed by atoms with E-state index >= 15 is 0 Å². The van der Waals surface area contributed by atoms with Gasteiger partial charge in [-0.05, 0) is 45.4 Å². The third-order valence-corrected chi connectivity index (χ3v) is 3.93. The number of hydrogen-bond donors (Lipinski definition) is 1. The van der Waals surface area contributed by atoms with Crippen molar-refractivity contribution in [1.29, 1.82) is 0 Å². The molecule has 0 aliphatic rings.